The van der Waals surface area contributed by atoms with Gasteiger partial charge in [-0.05, 0) is 6.07 Å². The van der Waals surface area contributed by atoms with Gasteiger partial charge in [0.1, 0.15) is 6.20 Å². The van der Waals surface area contributed by atoms with E-state index in [-0.39, 0.29) is 17.6 Å². The van der Waals surface area contributed by atoms with E-state index < -0.39 is 0 Å². The highest BCUT2D eigenvalue weighted by Gasteiger charge is 2.37. The van der Waals surface area contributed by atoms with Crippen LogP contribution in [0, 0.1) is 5.92 Å². The van der Waals surface area contributed by atoms with E-state index in [1.165, 1.54) is 0 Å². The van der Waals surface area contributed by atoms with Crippen LogP contribution in [0.1, 0.15) is 23.7 Å². The first-order chi connectivity index (χ1) is 9.98. The number of quaternary nitrogens is 1. The number of nitrogens with two attached hydrogens (primary N) is 1. The number of carbonyl (C=O) groups is 2. The Bertz CT molecular complexity index is 583. The Balaban J connectivity index is 2.40. The quantitative estimate of drug-likeness (QED) is 0.812. The summed E-state index contributed by atoms with van der Waals surface area (Å²) < 4.78 is 5.77. The molecule has 1 aliphatic rings. The second-order valence-electron chi connectivity index (χ2n) is 5.61. The van der Waals surface area contributed by atoms with Crippen molar-refractivity contribution >= 4 is 17.4 Å². The number of methoxy groups -OCH3 is 1. The Morgan fingerprint density at radius 2 is 2.10 bits per heavy atom. The summed E-state index contributed by atoms with van der Waals surface area (Å²) in [6, 6.07) is 7.52. The Hall–Kier alpha value is -1.98. The van der Waals surface area contributed by atoms with Crippen molar-refractivity contribution in [3.63, 3.8) is 0 Å². The predicted octanol–water partition coefficient (Wildman–Crippen LogP) is 1.82. The van der Waals surface area contributed by atoms with Crippen LogP contribution in [0.2, 0.25) is 0 Å². The minimum Gasteiger partial charge on any atom is -0.370 e. The van der Waals surface area contributed by atoms with Gasteiger partial charge in [-0.1, -0.05) is 19.1 Å². The number of rotatable bonds is 6. The summed E-state index contributed by atoms with van der Waals surface area (Å²) in [6.45, 7) is 3.04. The van der Waals surface area contributed by atoms with Crippen LogP contribution < -0.4 is 10.2 Å². The number of nitrogens with zero attached hydrogens (tertiary/aromatic N) is 1. The first-order valence-corrected chi connectivity index (χ1v) is 6.95. The monoisotopic (exact) mass is 289 g/mol. The number of hydrogen-bond donors (Lipinski definition) is 1. The van der Waals surface area contributed by atoms with Gasteiger partial charge in [0, 0.05) is 31.6 Å². The first kappa shape index (κ1) is 15.4. The lowest BCUT2D eigenvalue weighted by Gasteiger charge is -2.38. The maximum atomic E-state index is 12.0. The summed E-state index contributed by atoms with van der Waals surface area (Å²) in [7, 11) is 1.63. The third kappa shape index (κ3) is 3.20. The van der Waals surface area contributed by atoms with Gasteiger partial charge in [-0.2, -0.15) is 0 Å². The van der Waals surface area contributed by atoms with E-state index in [2.05, 4.69) is 0 Å². The maximum Gasteiger partial charge on any atom is 0.217 e. The molecular weight excluding hydrogens is 268 g/mol. The number of benzene rings is 1. The summed E-state index contributed by atoms with van der Waals surface area (Å²) in [4.78, 5) is 23.2. The highest BCUT2D eigenvalue weighted by Crippen LogP contribution is 2.34. The van der Waals surface area contributed by atoms with E-state index in [1.54, 1.807) is 13.2 Å². The molecule has 1 aliphatic heterocycles. The second kappa shape index (κ2) is 6.20. The van der Waals surface area contributed by atoms with E-state index in [1.807, 2.05) is 37.4 Å². The van der Waals surface area contributed by atoms with Crippen molar-refractivity contribution in [1.82, 2.24) is 4.48 Å². The maximum absolute atomic E-state index is 12.0. The van der Waals surface area contributed by atoms with Crippen LogP contribution >= 0.6 is 0 Å². The molecule has 5 nitrogen and oxygen atoms in total. The molecule has 0 aromatic heterocycles. The number of allylic oxidation sites excluding steroid dienone is 1. The molecule has 0 spiro atoms. The van der Waals surface area contributed by atoms with Crippen LogP contribution in [-0.2, 0) is 9.53 Å². The summed E-state index contributed by atoms with van der Waals surface area (Å²) in [6.07, 6.45) is 3.75. The van der Waals surface area contributed by atoms with Crippen LogP contribution in [0.3, 0.4) is 0 Å². The van der Waals surface area contributed by atoms with Gasteiger partial charge < -0.3 is 10.5 Å². The van der Waals surface area contributed by atoms with Crippen molar-refractivity contribution in [2.75, 3.05) is 20.4 Å². The minimum absolute atomic E-state index is 0.00185. The fourth-order valence-corrected chi connectivity index (χ4v) is 2.97. The van der Waals surface area contributed by atoms with Crippen LogP contribution in [0.4, 0.5) is 5.69 Å². The average Bonchev–Trinajstić information content (AvgIpc) is 2.43. The van der Waals surface area contributed by atoms with Gasteiger partial charge in [0.2, 0.25) is 5.91 Å². The lowest BCUT2D eigenvalue weighted by molar-refractivity contribution is -0.118. The molecule has 1 heterocycles. The number of hydrogen-bond acceptors (Lipinski definition) is 3. The SMILES string of the molecule is COC[N+]1(CC(C)CC(N)=O)C=CC(=O)c2ccccc21. The summed E-state index contributed by atoms with van der Waals surface area (Å²) >= 11 is 0. The molecule has 1 aromatic carbocycles. The standard InChI is InChI=1S/C16H20N2O3/c1-12(9-16(17)20)10-18(11-21-2)8-7-15(19)13-5-3-4-6-14(13)18/h3-8,12H,9-11H2,1-2H3,(H-,17,20)/p+1. The Labute approximate surface area is 124 Å². The molecule has 0 radical (unpaired) electrons. The lowest BCUT2D eigenvalue weighted by Crippen LogP contribution is -2.51. The molecule has 0 saturated heterocycles. The van der Waals surface area contributed by atoms with E-state index in [0.717, 1.165) is 5.69 Å². The molecule has 0 aliphatic carbocycles. The summed E-state index contributed by atoms with van der Waals surface area (Å²) in [5, 5.41) is 0. The zero-order valence-electron chi connectivity index (χ0n) is 12.4. The third-order valence-electron chi connectivity index (χ3n) is 3.71. The molecule has 2 rings (SSSR count). The molecule has 0 bridgehead atoms. The number of amides is 1. The van der Waals surface area contributed by atoms with Crippen molar-refractivity contribution in [2.45, 2.75) is 13.3 Å². The number of para-hydroxylation sites is 1. The van der Waals surface area contributed by atoms with E-state index in [9.17, 15) is 9.59 Å². The molecule has 1 amide bonds. The van der Waals surface area contributed by atoms with Gasteiger partial charge in [-0.25, -0.2) is 4.48 Å². The zero-order chi connectivity index (χ0) is 15.5. The van der Waals surface area contributed by atoms with Crippen LogP contribution in [0.15, 0.2) is 36.5 Å². The highest BCUT2D eigenvalue weighted by atomic mass is 16.5. The first-order valence-electron chi connectivity index (χ1n) is 6.95. The number of carbonyl (C=O) groups excluding carboxylic acids is 2. The second-order valence-corrected chi connectivity index (χ2v) is 5.61. The summed E-state index contributed by atoms with van der Waals surface area (Å²) in [5.74, 6) is -0.231. The van der Waals surface area contributed by atoms with Gasteiger partial charge in [0.25, 0.3) is 0 Å². The largest absolute Gasteiger partial charge is 0.370 e. The topological polar surface area (TPSA) is 69.4 Å². The van der Waals surface area contributed by atoms with Gasteiger partial charge in [0.15, 0.2) is 18.2 Å². The average molecular weight is 289 g/mol. The number of fused-ring (bicyclic) bond motifs is 1. The molecule has 5 heteroatoms. The Morgan fingerprint density at radius 1 is 1.38 bits per heavy atom. The molecular formula is C16H21N2O3+. The molecule has 21 heavy (non-hydrogen) atoms. The van der Waals surface area contributed by atoms with Crippen molar-refractivity contribution < 1.29 is 14.3 Å². The molecule has 2 N–H and O–H groups in total. The van der Waals surface area contributed by atoms with Gasteiger partial charge in [-0.3, -0.25) is 9.59 Å². The van der Waals surface area contributed by atoms with Crippen LogP contribution in [0.25, 0.3) is 0 Å². The molecule has 112 valence electrons. The third-order valence-corrected chi connectivity index (χ3v) is 3.71. The Kier molecular flexibility index (Phi) is 4.55. The van der Waals surface area contributed by atoms with Crippen LogP contribution in [-0.4, -0.2) is 32.1 Å². The number of ketones is 1. The number of primary amides is 1. The van der Waals surface area contributed by atoms with Gasteiger partial charge in [-0.15, -0.1) is 0 Å². The molecule has 0 fully saturated rings. The lowest BCUT2D eigenvalue weighted by atomic mass is 9.99. The minimum atomic E-state index is -0.316. The summed E-state index contributed by atoms with van der Waals surface area (Å²) in [5.41, 5.74) is 6.87. The molecule has 2 unspecified atom stereocenters. The molecule has 2 atom stereocenters. The molecule has 0 saturated carbocycles. The smallest absolute Gasteiger partial charge is 0.217 e. The fraction of sp³-hybridized carbons (Fsp3) is 0.375. The van der Waals surface area contributed by atoms with Gasteiger partial charge in [0.05, 0.1) is 12.1 Å². The van der Waals surface area contributed by atoms with Crippen molar-refractivity contribution in [3.05, 3.63) is 42.1 Å². The van der Waals surface area contributed by atoms with Crippen molar-refractivity contribution in [3.8, 4) is 0 Å². The van der Waals surface area contributed by atoms with E-state index >= 15 is 0 Å². The highest BCUT2D eigenvalue weighted by molar-refractivity contribution is 6.09. The normalized spacial score (nSPS) is 21.9. The van der Waals surface area contributed by atoms with Crippen molar-refractivity contribution in [2.24, 2.45) is 11.7 Å². The van der Waals surface area contributed by atoms with E-state index in [0.29, 0.717) is 29.7 Å². The predicted molar refractivity (Wildman–Crippen MR) is 81.4 cm³/mol. The Morgan fingerprint density at radius 3 is 2.76 bits per heavy atom. The zero-order valence-corrected chi connectivity index (χ0v) is 12.4. The van der Waals surface area contributed by atoms with E-state index in [4.69, 9.17) is 10.5 Å². The van der Waals surface area contributed by atoms with Crippen molar-refractivity contribution in [1.29, 1.82) is 0 Å². The number of ether oxygens (including phenoxy) is 1. The van der Waals surface area contributed by atoms with Crippen LogP contribution in [0.5, 0.6) is 0 Å². The fourth-order valence-electron chi connectivity index (χ4n) is 2.97. The molecule has 1 aromatic rings. The van der Waals surface area contributed by atoms with Gasteiger partial charge >= 0.3 is 0 Å².